The first-order chi connectivity index (χ1) is 13.8. The average molecular weight is 466 g/mol. The molecule has 0 saturated heterocycles. The van der Waals surface area contributed by atoms with Crippen LogP contribution in [0.4, 0.5) is 0 Å². The summed E-state index contributed by atoms with van der Waals surface area (Å²) in [7, 11) is 0. The van der Waals surface area contributed by atoms with Crippen molar-refractivity contribution in [1.82, 2.24) is 0 Å². The third-order valence-corrected chi connectivity index (χ3v) is 11.2. The van der Waals surface area contributed by atoms with Gasteiger partial charge in [-0.2, -0.15) is 0 Å². The van der Waals surface area contributed by atoms with E-state index in [1.54, 1.807) is 5.57 Å². The molecular formula is C27H45BrO. The molecule has 0 aromatic heterocycles. The van der Waals surface area contributed by atoms with Crippen LogP contribution < -0.4 is 0 Å². The molecular weight excluding hydrogens is 420 g/mol. The highest BCUT2D eigenvalue weighted by Gasteiger charge is 2.59. The first kappa shape index (κ1) is 22.4. The van der Waals surface area contributed by atoms with Crippen molar-refractivity contribution in [2.75, 3.05) is 5.33 Å². The van der Waals surface area contributed by atoms with E-state index >= 15 is 0 Å². The van der Waals surface area contributed by atoms with E-state index < -0.39 is 0 Å². The predicted octanol–water partition coefficient (Wildman–Crippen LogP) is 7.76. The van der Waals surface area contributed by atoms with Crippen molar-refractivity contribution in [1.29, 1.82) is 0 Å². The maximum atomic E-state index is 10.3. The quantitative estimate of drug-likeness (QED) is 0.314. The molecule has 0 aliphatic heterocycles. The standard InChI is InChI=1S/C27H45BrO/c1-18(2)6-5-7-19(3)23-10-11-24-22-9-8-20-16-21(29)12-15-27(20,17-28)25(22)13-14-26(23,24)4/h8,18-19,21-25,29H,5-7,9-17H2,1-4H3/t19-,21+,22+,23-,24+,25+,26-,27?/m1/s1. The van der Waals surface area contributed by atoms with Gasteiger partial charge < -0.3 is 5.11 Å². The van der Waals surface area contributed by atoms with E-state index in [0.29, 0.717) is 10.8 Å². The first-order valence-electron chi connectivity index (χ1n) is 12.8. The van der Waals surface area contributed by atoms with Crippen LogP contribution in [0.5, 0.6) is 0 Å². The second kappa shape index (κ2) is 8.61. The van der Waals surface area contributed by atoms with Crippen LogP contribution in [0.1, 0.15) is 98.3 Å². The van der Waals surface area contributed by atoms with Crippen molar-refractivity contribution in [3.05, 3.63) is 11.6 Å². The van der Waals surface area contributed by atoms with Gasteiger partial charge in [-0.05, 0) is 92.3 Å². The molecule has 3 saturated carbocycles. The van der Waals surface area contributed by atoms with Gasteiger partial charge in [-0.15, -0.1) is 0 Å². The van der Waals surface area contributed by atoms with E-state index in [4.69, 9.17) is 0 Å². The summed E-state index contributed by atoms with van der Waals surface area (Å²) in [6.07, 6.45) is 17.0. The molecule has 29 heavy (non-hydrogen) atoms. The van der Waals surface area contributed by atoms with Gasteiger partial charge in [-0.25, -0.2) is 0 Å². The van der Waals surface area contributed by atoms with Crippen molar-refractivity contribution >= 4 is 15.9 Å². The number of alkyl halides is 1. The lowest BCUT2D eigenvalue weighted by Crippen LogP contribution is -2.52. The molecule has 4 rings (SSSR count). The number of halogens is 1. The molecule has 166 valence electrons. The van der Waals surface area contributed by atoms with E-state index in [-0.39, 0.29) is 6.10 Å². The molecule has 4 aliphatic rings. The summed E-state index contributed by atoms with van der Waals surface area (Å²) >= 11 is 3.96. The molecule has 0 spiro atoms. The van der Waals surface area contributed by atoms with E-state index in [1.165, 1.54) is 57.8 Å². The van der Waals surface area contributed by atoms with Crippen LogP contribution in [0.3, 0.4) is 0 Å². The van der Waals surface area contributed by atoms with Crippen LogP contribution in [-0.4, -0.2) is 16.5 Å². The summed E-state index contributed by atoms with van der Waals surface area (Å²) in [6, 6.07) is 0. The number of allylic oxidation sites excluding steroid dienone is 1. The summed E-state index contributed by atoms with van der Waals surface area (Å²) in [5.74, 6) is 5.35. The average Bonchev–Trinajstić information content (AvgIpc) is 3.04. The lowest BCUT2D eigenvalue weighted by Gasteiger charge is -2.59. The molecule has 0 aromatic carbocycles. The Labute approximate surface area is 188 Å². The summed E-state index contributed by atoms with van der Waals surface area (Å²) in [5, 5.41) is 11.4. The maximum absolute atomic E-state index is 10.3. The molecule has 0 radical (unpaired) electrons. The summed E-state index contributed by atoms with van der Waals surface area (Å²) < 4.78 is 0. The minimum absolute atomic E-state index is 0.0959. The van der Waals surface area contributed by atoms with Crippen LogP contribution in [0.15, 0.2) is 11.6 Å². The minimum atomic E-state index is -0.0959. The fourth-order valence-electron chi connectivity index (χ4n) is 8.71. The Kier molecular flexibility index (Phi) is 6.64. The van der Waals surface area contributed by atoms with Gasteiger partial charge in [0.25, 0.3) is 0 Å². The van der Waals surface area contributed by atoms with Crippen molar-refractivity contribution in [3.8, 4) is 0 Å². The molecule has 1 nitrogen and oxygen atoms in total. The Hall–Kier alpha value is 0.180. The first-order valence-corrected chi connectivity index (χ1v) is 13.9. The second-order valence-corrected chi connectivity index (χ2v) is 12.6. The van der Waals surface area contributed by atoms with Gasteiger partial charge in [0.05, 0.1) is 6.10 Å². The van der Waals surface area contributed by atoms with Crippen molar-refractivity contribution < 1.29 is 5.11 Å². The lowest BCUT2D eigenvalue weighted by atomic mass is 9.47. The van der Waals surface area contributed by atoms with E-state index in [9.17, 15) is 5.11 Å². The number of hydrogen-bond acceptors (Lipinski definition) is 1. The van der Waals surface area contributed by atoms with E-state index in [1.807, 2.05) is 0 Å². The van der Waals surface area contributed by atoms with Gasteiger partial charge >= 0.3 is 0 Å². The minimum Gasteiger partial charge on any atom is -0.393 e. The summed E-state index contributed by atoms with van der Waals surface area (Å²) in [4.78, 5) is 0. The Balaban J connectivity index is 1.51. The number of rotatable bonds is 6. The van der Waals surface area contributed by atoms with Gasteiger partial charge in [0.15, 0.2) is 0 Å². The van der Waals surface area contributed by atoms with Crippen LogP contribution in [0, 0.1) is 46.3 Å². The van der Waals surface area contributed by atoms with Crippen molar-refractivity contribution in [3.63, 3.8) is 0 Å². The Morgan fingerprint density at radius 3 is 2.59 bits per heavy atom. The largest absolute Gasteiger partial charge is 0.393 e. The fraction of sp³-hybridized carbons (Fsp3) is 0.926. The molecule has 0 heterocycles. The van der Waals surface area contributed by atoms with Crippen LogP contribution >= 0.6 is 15.9 Å². The maximum Gasteiger partial charge on any atom is 0.0577 e. The Morgan fingerprint density at radius 1 is 1.07 bits per heavy atom. The topological polar surface area (TPSA) is 20.2 Å². The highest BCUT2D eigenvalue weighted by molar-refractivity contribution is 9.09. The molecule has 0 aromatic rings. The van der Waals surface area contributed by atoms with Gasteiger partial charge in [0.1, 0.15) is 0 Å². The number of hydrogen-bond donors (Lipinski definition) is 1. The predicted molar refractivity (Wildman–Crippen MR) is 127 cm³/mol. The van der Waals surface area contributed by atoms with Gasteiger partial charge in [0.2, 0.25) is 0 Å². The zero-order valence-electron chi connectivity index (χ0n) is 19.4. The SMILES string of the molecule is CC(C)CCC[C@@H](C)[C@H]1CC[C@H]2[C@@H]3CC=C4C[C@@H](O)CCC4(CBr)[C@H]3CC[C@]12C. The highest BCUT2D eigenvalue weighted by Crippen LogP contribution is 2.67. The van der Waals surface area contributed by atoms with Crippen LogP contribution in [0.2, 0.25) is 0 Å². The molecule has 0 bridgehead atoms. The highest BCUT2D eigenvalue weighted by atomic mass is 79.9. The van der Waals surface area contributed by atoms with Crippen LogP contribution in [-0.2, 0) is 0 Å². The third kappa shape index (κ3) is 3.81. The zero-order chi connectivity index (χ0) is 20.8. The number of fused-ring (bicyclic) bond motifs is 5. The van der Waals surface area contributed by atoms with E-state index in [2.05, 4.69) is 49.7 Å². The van der Waals surface area contributed by atoms with E-state index in [0.717, 1.165) is 53.7 Å². The normalized spacial score (nSPS) is 45.3. The van der Waals surface area contributed by atoms with Gasteiger partial charge in [-0.3, -0.25) is 0 Å². The fourth-order valence-corrected chi connectivity index (χ4v) is 9.77. The van der Waals surface area contributed by atoms with Crippen molar-refractivity contribution in [2.45, 2.75) is 104 Å². The zero-order valence-corrected chi connectivity index (χ0v) is 21.0. The number of aliphatic hydroxyl groups excluding tert-OH is 1. The monoisotopic (exact) mass is 464 g/mol. The molecule has 8 atom stereocenters. The Bertz CT molecular complexity index is 612. The molecule has 1 unspecified atom stereocenters. The summed E-state index contributed by atoms with van der Waals surface area (Å²) in [6.45, 7) is 10.0. The smallest absolute Gasteiger partial charge is 0.0577 e. The molecule has 3 fully saturated rings. The van der Waals surface area contributed by atoms with Gasteiger partial charge in [0, 0.05) is 10.7 Å². The van der Waals surface area contributed by atoms with Gasteiger partial charge in [-0.1, -0.05) is 74.5 Å². The molecule has 2 heteroatoms. The molecule has 4 aliphatic carbocycles. The molecule has 0 amide bonds. The lowest BCUT2D eigenvalue weighted by molar-refractivity contribution is -0.0553. The van der Waals surface area contributed by atoms with Crippen molar-refractivity contribution in [2.24, 2.45) is 46.3 Å². The third-order valence-electron chi connectivity index (χ3n) is 10.2. The number of aliphatic hydroxyl groups is 1. The second-order valence-electron chi connectivity index (χ2n) is 12.1. The molecule has 1 N–H and O–H groups in total. The van der Waals surface area contributed by atoms with Crippen LogP contribution in [0.25, 0.3) is 0 Å². The summed E-state index contributed by atoms with van der Waals surface area (Å²) in [5.41, 5.74) is 2.53. The Morgan fingerprint density at radius 2 is 1.86 bits per heavy atom.